The number of methoxy groups -OCH3 is 1. The van der Waals surface area contributed by atoms with Gasteiger partial charge in [0, 0.05) is 10.9 Å². The van der Waals surface area contributed by atoms with Crippen LogP contribution in [0.3, 0.4) is 0 Å². The van der Waals surface area contributed by atoms with Crippen molar-refractivity contribution in [1.29, 1.82) is 0 Å². The van der Waals surface area contributed by atoms with E-state index in [1.54, 1.807) is 54.4 Å². The van der Waals surface area contributed by atoms with E-state index in [1.165, 1.54) is 0 Å². The van der Waals surface area contributed by atoms with E-state index in [1.807, 2.05) is 29.6 Å². The molecular weight excluding hydrogens is 338 g/mol. The fraction of sp³-hybridized carbons (Fsp3) is 0.222. The van der Waals surface area contributed by atoms with Gasteiger partial charge in [-0.05, 0) is 30.5 Å². The summed E-state index contributed by atoms with van der Waals surface area (Å²) in [4.78, 5) is 13.6. The normalized spacial score (nSPS) is 11.8. The van der Waals surface area contributed by atoms with Crippen molar-refractivity contribution in [2.75, 3.05) is 12.4 Å². The van der Waals surface area contributed by atoms with Crippen LogP contribution in [0.25, 0.3) is 0 Å². The summed E-state index contributed by atoms with van der Waals surface area (Å²) in [6.07, 6.45) is 0.982. The summed E-state index contributed by atoms with van der Waals surface area (Å²) < 4.78 is 12.7. The van der Waals surface area contributed by atoms with E-state index in [0.29, 0.717) is 23.9 Å². The van der Waals surface area contributed by atoms with Crippen LogP contribution in [0.1, 0.15) is 11.8 Å². The number of anilines is 1. The van der Waals surface area contributed by atoms with Crippen LogP contribution in [0, 0.1) is 0 Å². The zero-order valence-corrected chi connectivity index (χ0v) is 14.8. The molecule has 0 bridgehead atoms. The molecule has 0 saturated carbocycles. The molecule has 6 nitrogen and oxygen atoms in total. The van der Waals surface area contributed by atoms with Gasteiger partial charge in [0.25, 0.3) is 5.91 Å². The fourth-order valence-electron chi connectivity index (χ4n) is 2.30. The fourth-order valence-corrected chi connectivity index (χ4v) is 2.99. The number of thiophene rings is 1. The maximum Gasteiger partial charge on any atom is 0.266 e. The van der Waals surface area contributed by atoms with Crippen LogP contribution < -0.4 is 14.8 Å². The predicted molar refractivity (Wildman–Crippen MR) is 97.4 cm³/mol. The maximum atomic E-state index is 12.5. The molecule has 0 aliphatic rings. The molecule has 1 unspecified atom stereocenters. The van der Waals surface area contributed by atoms with Gasteiger partial charge in [0.2, 0.25) is 0 Å². The second-order valence-electron chi connectivity index (χ2n) is 5.35. The number of nitrogens with one attached hydrogen (secondary N) is 1. The molecule has 130 valence electrons. The van der Waals surface area contributed by atoms with Crippen LogP contribution in [-0.2, 0) is 11.3 Å². The smallest absolute Gasteiger partial charge is 0.266 e. The zero-order valence-electron chi connectivity index (χ0n) is 14.0. The van der Waals surface area contributed by atoms with Crippen LogP contribution in [0.5, 0.6) is 11.5 Å². The SMILES string of the molecule is COc1ccccc1OC(C)C(=O)Nc1ccnn1Cc1cccs1. The molecule has 1 N–H and O–H groups in total. The highest BCUT2D eigenvalue weighted by molar-refractivity contribution is 7.09. The van der Waals surface area contributed by atoms with E-state index in [4.69, 9.17) is 9.47 Å². The Hall–Kier alpha value is -2.80. The number of benzene rings is 1. The molecule has 2 aromatic heterocycles. The lowest BCUT2D eigenvalue weighted by atomic mass is 10.3. The Bertz CT molecular complexity index is 830. The van der Waals surface area contributed by atoms with E-state index in [2.05, 4.69) is 10.4 Å². The topological polar surface area (TPSA) is 65.4 Å². The van der Waals surface area contributed by atoms with Gasteiger partial charge in [-0.25, -0.2) is 4.68 Å². The van der Waals surface area contributed by atoms with Crippen LogP contribution in [0.2, 0.25) is 0 Å². The average molecular weight is 357 g/mol. The molecule has 1 atom stereocenters. The molecule has 0 saturated heterocycles. The first kappa shape index (κ1) is 17.0. The minimum absolute atomic E-state index is 0.251. The molecule has 7 heteroatoms. The number of para-hydroxylation sites is 2. The number of carbonyl (C=O) groups excluding carboxylic acids is 1. The summed E-state index contributed by atoms with van der Waals surface area (Å²) in [5, 5.41) is 9.14. The Morgan fingerprint density at radius 3 is 2.76 bits per heavy atom. The zero-order chi connectivity index (χ0) is 17.6. The van der Waals surface area contributed by atoms with E-state index < -0.39 is 6.10 Å². The third-order valence-corrected chi connectivity index (χ3v) is 4.46. The lowest BCUT2D eigenvalue weighted by Crippen LogP contribution is -2.31. The second kappa shape index (κ2) is 7.85. The van der Waals surface area contributed by atoms with Gasteiger partial charge in [0.1, 0.15) is 5.82 Å². The lowest BCUT2D eigenvalue weighted by molar-refractivity contribution is -0.122. The second-order valence-corrected chi connectivity index (χ2v) is 6.39. The molecule has 3 rings (SSSR count). The molecule has 3 aromatic rings. The van der Waals surface area contributed by atoms with Gasteiger partial charge in [-0.15, -0.1) is 11.3 Å². The summed E-state index contributed by atoms with van der Waals surface area (Å²) in [6, 6.07) is 13.0. The van der Waals surface area contributed by atoms with Gasteiger partial charge in [0.05, 0.1) is 19.9 Å². The van der Waals surface area contributed by atoms with Crippen molar-refractivity contribution >= 4 is 23.1 Å². The van der Waals surface area contributed by atoms with E-state index in [9.17, 15) is 4.79 Å². The molecule has 0 aliphatic carbocycles. The minimum atomic E-state index is -0.679. The Morgan fingerprint density at radius 1 is 1.24 bits per heavy atom. The number of carbonyl (C=O) groups is 1. The molecule has 1 amide bonds. The van der Waals surface area contributed by atoms with Crippen molar-refractivity contribution in [3.05, 3.63) is 58.9 Å². The van der Waals surface area contributed by atoms with E-state index in [0.717, 1.165) is 4.88 Å². The van der Waals surface area contributed by atoms with Gasteiger partial charge < -0.3 is 14.8 Å². The first-order valence-corrected chi connectivity index (χ1v) is 8.70. The van der Waals surface area contributed by atoms with Crippen LogP contribution in [-0.4, -0.2) is 28.9 Å². The Labute approximate surface area is 150 Å². The van der Waals surface area contributed by atoms with Crippen molar-refractivity contribution in [2.24, 2.45) is 0 Å². The summed E-state index contributed by atoms with van der Waals surface area (Å²) >= 11 is 1.65. The van der Waals surface area contributed by atoms with Crippen molar-refractivity contribution < 1.29 is 14.3 Å². The van der Waals surface area contributed by atoms with Crippen LogP contribution >= 0.6 is 11.3 Å². The maximum absolute atomic E-state index is 12.5. The quantitative estimate of drug-likeness (QED) is 0.704. The monoisotopic (exact) mass is 357 g/mol. The number of hydrogen-bond acceptors (Lipinski definition) is 5. The first-order valence-electron chi connectivity index (χ1n) is 7.82. The summed E-state index contributed by atoms with van der Waals surface area (Å²) in [6.45, 7) is 2.31. The highest BCUT2D eigenvalue weighted by atomic mass is 32.1. The van der Waals surface area contributed by atoms with Crippen molar-refractivity contribution in [2.45, 2.75) is 19.6 Å². The highest BCUT2D eigenvalue weighted by Crippen LogP contribution is 2.27. The molecule has 0 aliphatic heterocycles. The Morgan fingerprint density at radius 2 is 2.04 bits per heavy atom. The van der Waals surface area contributed by atoms with Crippen molar-refractivity contribution in [3.8, 4) is 11.5 Å². The van der Waals surface area contributed by atoms with Crippen molar-refractivity contribution in [3.63, 3.8) is 0 Å². The number of aromatic nitrogens is 2. The number of hydrogen-bond donors (Lipinski definition) is 1. The van der Waals surface area contributed by atoms with E-state index >= 15 is 0 Å². The molecule has 0 spiro atoms. The third-order valence-electron chi connectivity index (χ3n) is 3.60. The predicted octanol–water partition coefficient (Wildman–Crippen LogP) is 3.41. The Balaban J connectivity index is 1.65. The molecule has 2 heterocycles. The number of amides is 1. The number of ether oxygens (including phenoxy) is 2. The van der Waals surface area contributed by atoms with Gasteiger partial charge in [-0.2, -0.15) is 5.10 Å². The number of nitrogens with zero attached hydrogens (tertiary/aromatic N) is 2. The first-order chi connectivity index (χ1) is 12.2. The molecule has 0 fully saturated rings. The number of rotatable bonds is 7. The Kier molecular flexibility index (Phi) is 5.35. The summed E-state index contributed by atoms with van der Waals surface area (Å²) in [5.41, 5.74) is 0. The van der Waals surface area contributed by atoms with Gasteiger partial charge in [-0.3, -0.25) is 4.79 Å². The highest BCUT2D eigenvalue weighted by Gasteiger charge is 2.18. The average Bonchev–Trinajstić information content (AvgIpc) is 3.28. The van der Waals surface area contributed by atoms with Crippen LogP contribution in [0.15, 0.2) is 54.0 Å². The van der Waals surface area contributed by atoms with Gasteiger partial charge >= 0.3 is 0 Å². The minimum Gasteiger partial charge on any atom is -0.493 e. The largest absolute Gasteiger partial charge is 0.493 e. The molecule has 0 radical (unpaired) electrons. The molecule has 25 heavy (non-hydrogen) atoms. The molecular formula is C18H19N3O3S. The lowest BCUT2D eigenvalue weighted by Gasteiger charge is -2.17. The summed E-state index contributed by atoms with van der Waals surface area (Å²) in [7, 11) is 1.57. The van der Waals surface area contributed by atoms with Gasteiger partial charge in [-0.1, -0.05) is 18.2 Å². The molecule has 1 aromatic carbocycles. The van der Waals surface area contributed by atoms with Crippen molar-refractivity contribution in [1.82, 2.24) is 9.78 Å². The van der Waals surface area contributed by atoms with E-state index in [-0.39, 0.29) is 5.91 Å². The summed E-state index contributed by atoms with van der Waals surface area (Å²) in [5.74, 6) is 1.50. The standard InChI is InChI=1S/C18H19N3O3S/c1-13(24-16-8-4-3-7-15(16)23-2)18(22)20-17-9-10-19-21(17)12-14-6-5-11-25-14/h3-11,13H,12H2,1-2H3,(H,20,22). The van der Waals surface area contributed by atoms with Gasteiger partial charge in [0.15, 0.2) is 17.6 Å². The van der Waals surface area contributed by atoms with Crippen LogP contribution in [0.4, 0.5) is 5.82 Å². The third kappa shape index (κ3) is 4.19.